The number of sulfone groups is 1. The lowest BCUT2D eigenvalue weighted by molar-refractivity contribution is 0.586. The van der Waals surface area contributed by atoms with E-state index < -0.39 is 9.84 Å². The number of rotatable bonds is 0. The maximum Gasteiger partial charge on any atom is 0.154 e. The van der Waals surface area contributed by atoms with Crippen LogP contribution in [0.3, 0.4) is 0 Å². The smallest absolute Gasteiger partial charge is 0.154 e. The second kappa shape index (κ2) is 1.95. The van der Waals surface area contributed by atoms with Crippen LogP contribution in [0.4, 0.5) is 0 Å². The van der Waals surface area contributed by atoms with Crippen molar-refractivity contribution in [3.63, 3.8) is 0 Å². The Kier molecular flexibility index (Phi) is 1.52. The van der Waals surface area contributed by atoms with E-state index in [9.17, 15) is 8.42 Å². The Morgan fingerprint density at radius 1 is 1.56 bits per heavy atom. The zero-order chi connectivity index (χ0) is 7.07. The minimum Gasteiger partial charge on any atom is -0.327 e. The molecule has 54 valence electrons. The van der Waals surface area contributed by atoms with E-state index >= 15 is 0 Å². The predicted molar refractivity (Wildman–Crippen MR) is 35.8 cm³/mol. The van der Waals surface area contributed by atoms with Crippen molar-refractivity contribution < 1.29 is 8.42 Å². The van der Waals surface area contributed by atoms with Crippen LogP contribution in [-0.4, -0.2) is 25.5 Å². The normalized spacial score (nSPS) is 41.1. The third kappa shape index (κ3) is 1.09. The molecule has 0 amide bonds. The van der Waals surface area contributed by atoms with Crippen molar-refractivity contribution in [3.8, 4) is 0 Å². The highest BCUT2D eigenvalue weighted by atomic mass is 32.2. The molecule has 0 aromatic rings. The van der Waals surface area contributed by atoms with Gasteiger partial charge in [-0.1, -0.05) is 0 Å². The highest BCUT2D eigenvalue weighted by Crippen LogP contribution is 2.17. The lowest BCUT2D eigenvalue weighted by Gasteiger charge is -2.05. The van der Waals surface area contributed by atoms with Crippen molar-refractivity contribution in [1.82, 2.24) is 0 Å². The highest BCUT2D eigenvalue weighted by Gasteiger charge is 2.33. The summed E-state index contributed by atoms with van der Waals surface area (Å²) in [5, 5.41) is -0.322. The van der Waals surface area contributed by atoms with Crippen LogP contribution in [0.15, 0.2) is 0 Å². The maximum atomic E-state index is 10.9. The van der Waals surface area contributed by atoms with E-state index in [0.717, 1.165) is 0 Å². The van der Waals surface area contributed by atoms with Crippen LogP contribution in [-0.2, 0) is 9.84 Å². The summed E-state index contributed by atoms with van der Waals surface area (Å²) in [5.74, 6) is 0.273. The zero-order valence-electron chi connectivity index (χ0n) is 5.37. The zero-order valence-corrected chi connectivity index (χ0v) is 6.19. The van der Waals surface area contributed by atoms with Crippen molar-refractivity contribution in [2.75, 3.05) is 5.75 Å². The number of hydrogen-bond acceptors (Lipinski definition) is 3. The first kappa shape index (κ1) is 7.02. The first-order valence-corrected chi connectivity index (χ1v) is 4.73. The predicted octanol–water partition coefficient (Wildman–Crippen LogP) is -0.479. The van der Waals surface area contributed by atoms with Crippen LogP contribution in [0.25, 0.3) is 0 Å². The summed E-state index contributed by atoms with van der Waals surface area (Å²) in [6.07, 6.45) is 0.628. The lowest BCUT2D eigenvalue weighted by Crippen LogP contribution is -2.30. The Labute approximate surface area is 55.2 Å². The molecule has 1 heterocycles. The third-order valence-corrected chi connectivity index (χ3v) is 4.19. The molecule has 1 aliphatic heterocycles. The topological polar surface area (TPSA) is 60.2 Å². The Bertz CT molecular complexity index is 197. The van der Waals surface area contributed by atoms with Gasteiger partial charge in [-0.15, -0.1) is 0 Å². The molecular formula is C5H11NO2S. The molecule has 0 aromatic carbocycles. The summed E-state index contributed by atoms with van der Waals surface area (Å²) in [6.45, 7) is 1.67. The standard InChI is InChI=1S/C5H11NO2S/c1-4-5(6)2-3-9(4,7)8/h4-5H,2-3,6H2,1H3. The monoisotopic (exact) mass is 149 g/mol. The van der Waals surface area contributed by atoms with Crippen LogP contribution in [0.2, 0.25) is 0 Å². The Morgan fingerprint density at radius 2 is 2.11 bits per heavy atom. The van der Waals surface area contributed by atoms with E-state index in [4.69, 9.17) is 5.73 Å². The molecule has 2 atom stereocenters. The van der Waals surface area contributed by atoms with E-state index in [-0.39, 0.29) is 17.0 Å². The van der Waals surface area contributed by atoms with Crippen LogP contribution in [0.5, 0.6) is 0 Å². The van der Waals surface area contributed by atoms with E-state index in [1.54, 1.807) is 6.92 Å². The van der Waals surface area contributed by atoms with E-state index in [1.807, 2.05) is 0 Å². The second-order valence-corrected chi connectivity index (χ2v) is 5.00. The highest BCUT2D eigenvalue weighted by molar-refractivity contribution is 7.92. The molecule has 0 aromatic heterocycles. The van der Waals surface area contributed by atoms with Gasteiger partial charge >= 0.3 is 0 Å². The van der Waals surface area contributed by atoms with Crippen molar-refractivity contribution in [3.05, 3.63) is 0 Å². The Hall–Kier alpha value is -0.0900. The van der Waals surface area contributed by atoms with Gasteiger partial charge in [0, 0.05) is 6.04 Å². The van der Waals surface area contributed by atoms with Gasteiger partial charge in [-0.25, -0.2) is 8.42 Å². The second-order valence-electron chi connectivity index (χ2n) is 2.52. The van der Waals surface area contributed by atoms with Crippen molar-refractivity contribution >= 4 is 9.84 Å². The quantitative estimate of drug-likeness (QED) is 0.506. The molecule has 4 heteroatoms. The van der Waals surface area contributed by atoms with Gasteiger partial charge in [-0.05, 0) is 13.3 Å². The van der Waals surface area contributed by atoms with Crippen LogP contribution >= 0.6 is 0 Å². The summed E-state index contributed by atoms with van der Waals surface area (Å²) in [4.78, 5) is 0. The minimum absolute atomic E-state index is 0.130. The van der Waals surface area contributed by atoms with Gasteiger partial charge < -0.3 is 5.73 Å². The molecule has 0 bridgehead atoms. The average Bonchev–Trinajstić information content (AvgIpc) is 1.97. The van der Waals surface area contributed by atoms with E-state index in [0.29, 0.717) is 6.42 Å². The van der Waals surface area contributed by atoms with Crippen LogP contribution < -0.4 is 5.73 Å². The Balaban J connectivity index is 2.87. The van der Waals surface area contributed by atoms with Crippen molar-refractivity contribution in [2.24, 2.45) is 5.73 Å². The summed E-state index contributed by atoms with van der Waals surface area (Å²) in [6, 6.07) is -0.130. The molecule has 2 N–H and O–H groups in total. The summed E-state index contributed by atoms with van der Waals surface area (Å²) < 4.78 is 21.8. The van der Waals surface area contributed by atoms with Crippen molar-refractivity contribution in [1.29, 1.82) is 0 Å². The number of hydrogen-bond donors (Lipinski definition) is 1. The molecule has 2 unspecified atom stereocenters. The molecule has 1 fully saturated rings. The van der Waals surface area contributed by atoms with Gasteiger partial charge in [0.25, 0.3) is 0 Å². The van der Waals surface area contributed by atoms with Crippen molar-refractivity contribution in [2.45, 2.75) is 24.6 Å². The summed E-state index contributed by atoms with van der Waals surface area (Å²) >= 11 is 0. The summed E-state index contributed by atoms with van der Waals surface area (Å²) in [7, 11) is -2.80. The van der Waals surface area contributed by atoms with Gasteiger partial charge in [0.1, 0.15) is 0 Å². The molecule has 0 radical (unpaired) electrons. The molecule has 1 aliphatic rings. The number of nitrogens with two attached hydrogens (primary N) is 1. The van der Waals surface area contributed by atoms with Crippen LogP contribution in [0.1, 0.15) is 13.3 Å². The third-order valence-electron chi connectivity index (χ3n) is 1.91. The molecule has 1 rings (SSSR count). The molecule has 1 saturated heterocycles. The maximum absolute atomic E-state index is 10.9. The van der Waals surface area contributed by atoms with Gasteiger partial charge in [-0.2, -0.15) is 0 Å². The van der Waals surface area contributed by atoms with Gasteiger partial charge in [0.2, 0.25) is 0 Å². The first-order valence-electron chi connectivity index (χ1n) is 3.01. The average molecular weight is 149 g/mol. The van der Waals surface area contributed by atoms with Gasteiger partial charge in [-0.3, -0.25) is 0 Å². The molecule has 0 spiro atoms. The molecule has 3 nitrogen and oxygen atoms in total. The van der Waals surface area contributed by atoms with E-state index in [1.165, 1.54) is 0 Å². The Morgan fingerprint density at radius 3 is 2.22 bits per heavy atom. The minimum atomic E-state index is -2.80. The van der Waals surface area contributed by atoms with Gasteiger partial charge in [0.05, 0.1) is 11.0 Å². The molecule has 0 saturated carbocycles. The van der Waals surface area contributed by atoms with Gasteiger partial charge in [0.15, 0.2) is 9.84 Å². The van der Waals surface area contributed by atoms with Crippen LogP contribution in [0, 0.1) is 0 Å². The first-order chi connectivity index (χ1) is 4.04. The lowest BCUT2D eigenvalue weighted by atomic mass is 10.2. The molecule has 0 aliphatic carbocycles. The fourth-order valence-electron chi connectivity index (χ4n) is 0.987. The van der Waals surface area contributed by atoms with E-state index in [2.05, 4.69) is 0 Å². The molecular weight excluding hydrogens is 138 g/mol. The SMILES string of the molecule is CC1C(N)CCS1(=O)=O. The molecule has 9 heavy (non-hydrogen) atoms. The largest absolute Gasteiger partial charge is 0.327 e. The summed E-state index contributed by atoms with van der Waals surface area (Å²) in [5.41, 5.74) is 5.47. The fraction of sp³-hybridized carbons (Fsp3) is 1.00. The fourth-order valence-corrected chi connectivity index (χ4v) is 2.63.